The van der Waals surface area contributed by atoms with Crippen LogP contribution in [0.25, 0.3) is 0 Å². The van der Waals surface area contributed by atoms with Crippen LogP contribution in [0, 0.1) is 0 Å². The van der Waals surface area contributed by atoms with Crippen molar-refractivity contribution in [3.63, 3.8) is 0 Å². The molecule has 1 aromatic carbocycles. The zero-order valence-electron chi connectivity index (χ0n) is 15.5. The third kappa shape index (κ3) is 3.21. The summed E-state index contributed by atoms with van der Waals surface area (Å²) in [6.07, 6.45) is 2.03. The first-order valence-electron chi connectivity index (χ1n) is 9.36. The highest BCUT2D eigenvalue weighted by Crippen LogP contribution is 2.35. The molecule has 7 nitrogen and oxygen atoms in total. The average molecular weight is 371 g/mol. The molecule has 0 saturated carbocycles. The second-order valence-electron chi connectivity index (χ2n) is 7.32. The number of methoxy groups -OCH3 is 1. The summed E-state index contributed by atoms with van der Waals surface area (Å²) in [5.74, 6) is 1.41. The summed E-state index contributed by atoms with van der Waals surface area (Å²) in [6, 6.07) is 7.88. The Morgan fingerprint density at radius 1 is 1.33 bits per heavy atom. The van der Waals surface area contributed by atoms with Crippen molar-refractivity contribution in [3.05, 3.63) is 47.0 Å². The van der Waals surface area contributed by atoms with Gasteiger partial charge in [0.2, 0.25) is 0 Å². The molecule has 0 radical (unpaired) electrons. The van der Waals surface area contributed by atoms with Crippen LogP contribution in [0.4, 0.5) is 0 Å². The number of fused-ring (bicyclic) bond motifs is 1. The fourth-order valence-electron chi connectivity index (χ4n) is 4.07. The predicted octanol–water partition coefficient (Wildman–Crippen LogP) is 1.53. The fraction of sp³-hybridized carbons (Fsp3) is 0.500. The van der Waals surface area contributed by atoms with E-state index in [1.54, 1.807) is 7.11 Å². The number of aliphatic hydroxyl groups excluding tert-OH is 1. The van der Waals surface area contributed by atoms with Crippen LogP contribution in [-0.4, -0.2) is 54.5 Å². The molecule has 1 aromatic heterocycles. The molecule has 0 aliphatic carbocycles. The molecule has 27 heavy (non-hydrogen) atoms. The van der Waals surface area contributed by atoms with Gasteiger partial charge < -0.3 is 24.9 Å². The average Bonchev–Trinajstić information content (AvgIpc) is 3.09. The minimum absolute atomic E-state index is 0.0136. The normalized spacial score (nSPS) is 21.9. The van der Waals surface area contributed by atoms with E-state index in [0.717, 1.165) is 17.0 Å². The van der Waals surface area contributed by atoms with E-state index >= 15 is 0 Å². The van der Waals surface area contributed by atoms with Gasteiger partial charge in [-0.25, -0.2) is 4.98 Å². The van der Waals surface area contributed by atoms with Gasteiger partial charge in [-0.15, -0.1) is 0 Å². The molecule has 0 unspecified atom stereocenters. The number of para-hydroxylation sites is 1. The van der Waals surface area contributed by atoms with Gasteiger partial charge in [-0.3, -0.25) is 4.79 Å². The molecule has 4 rings (SSSR count). The van der Waals surface area contributed by atoms with Gasteiger partial charge in [0.15, 0.2) is 0 Å². The molecule has 2 aliphatic heterocycles. The number of nitrogens with zero attached hydrogens (tertiary/aromatic N) is 1. The van der Waals surface area contributed by atoms with E-state index in [9.17, 15) is 9.90 Å². The molecule has 3 heterocycles. The van der Waals surface area contributed by atoms with Gasteiger partial charge in [-0.05, 0) is 30.9 Å². The summed E-state index contributed by atoms with van der Waals surface area (Å²) in [7, 11) is 1.66. The minimum Gasteiger partial charge on any atom is -0.496 e. The summed E-state index contributed by atoms with van der Waals surface area (Å²) in [6.45, 7) is 1.68. The maximum absolute atomic E-state index is 12.6. The first-order valence-corrected chi connectivity index (χ1v) is 9.36. The van der Waals surface area contributed by atoms with Crippen LogP contribution >= 0.6 is 0 Å². The number of hydrogen-bond donors (Lipinski definition) is 3. The first kappa shape index (κ1) is 18.0. The Balaban J connectivity index is 1.69. The summed E-state index contributed by atoms with van der Waals surface area (Å²) in [5, 5.41) is 13.0. The summed E-state index contributed by atoms with van der Waals surface area (Å²) >= 11 is 0. The molecule has 3 N–H and O–H groups in total. The van der Waals surface area contributed by atoms with Crippen molar-refractivity contribution in [2.24, 2.45) is 0 Å². The third-order valence-corrected chi connectivity index (χ3v) is 5.79. The zero-order valence-corrected chi connectivity index (χ0v) is 15.5. The quantitative estimate of drug-likeness (QED) is 0.757. The Bertz CT molecular complexity index is 826. The van der Waals surface area contributed by atoms with Gasteiger partial charge in [0.05, 0.1) is 19.1 Å². The monoisotopic (exact) mass is 371 g/mol. The largest absolute Gasteiger partial charge is 0.496 e. The van der Waals surface area contributed by atoms with Crippen LogP contribution in [0.3, 0.4) is 0 Å². The molecule has 2 aromatic rings. The lowest BCUT2D eigenvalue weighted by Gasteiger charge is -2.33. The predicted molar refractivity (Wildman–Crippen MR) is 99.2 cm³/mol. The standard InChI is InChI=1S/C20H25N3O4/c1-26-16-5-3-2-4-14(16)13-10-15-17(18(25)21-11-13)23-19(22-15)20(12-24)6-8-27-9-7-20/h2-5,13,24H,6-12H2,1H3,(H,21,25)(H,22,23)/t13-/m0/s1. The molecular formula is C20H25N3O4. The van der Waals surface area contributed by atoms with Crippen LogP contribution in [0.15, 0.2) is 24.3 Å². The smallest absolute Gasteiger partial charge is 0.271 e. The Morgan fingerprint density at radius 3 is 2.85 bits per heavy atom. The van der Waals surface area contributed by atoms with Gasteiger partial charge in [-0.2, -0.15) is 0 Å². The number of carbonyl (C=O) groups excluding carboxylic acids is 1. The Kier molecular flexibility index (Phi) is 4.88. The molecule has 1 fully saturated rings. The number of ether oxygens (including phenoxy) is 2. The number of amides is 1. The maximum Gasteiger partial charge on any atom is 0.271 e. The number of H-pyrrole nitrogens is 1. The van der Waals surface area contributed by atoms with Gasteiger partial charge >= 0.3 is 0 Å². The number of aromatic amines is 1. The fourth-order valence-corrected chi connectivity index (χ4v) is 4.07. The van der Waals surface area contributed by atoms with E-state index in [2.05, 4.69) is 15.3 Å². The molecule has 0 bridgehead atoms. The third-order valence-electron chi connectivity index (χ3n) is 5.79. The van der Waals surface area contributed by atoms with Crippen LogP contribution in [-0.2, 0) is 16.6 Å². The number of aliphatic hydroxyl groups is 1. The van der Waals surface area contributed by atoms with Crippen molar-refractivity contribution >= 4 is 5.91 Å². The van der Waals surface area contributed by atoms with Crippen LogP contribution < -0.4 is 10.1 Å². The van der Waals surface area contributed by atoms with E-state index in [1.807, 2.05) is 24.3 Å². The van der Waals surface area contributed by atoms with Crippen molar-refractivity contribution in [1.29, 1.82) is 0 Å². The van der Waals surface area contributed by atoms with E-state index in [1.165, 1.54) is 0 Å². The minimum atomic E-state index is -0.468. The lowest BCUT2D eigenvalue weighted by molar-refractivity contribution is 0.0219. The van der Waals surface area contributed by atoms with Crippen LogP contribution in [0.5, 0.6) is 5.75 Å². The number of rotatable bonds is 4. The second-order valence-corrected chi connectivity index (χ2v) is 7.32. The molecule has 0 spiro atoms. The summed E-state index contributed by atoms with van der Waals surface area (Å²) in [5.41, 5.74) is 1.84. The SMILES string of the molecule is COc1ccccc1[C@@H]1CNC(=O)c2nc(C3(CO)CCOCC3)[nH]c2C1. The Hall–Kier alpha value is -2.38. The van der Waals surface area contributed by atoms with E-state index in [-0.39, 0.29) is 18.4 Å². The molecule has 1 atom stereocenters. The molecule has 1 saturated heterocycles. The van der Waals surface area contributed by atoms with Gasteiger partial charge in [0.1, 0.15) is 17.3 Å². The molecule has 144 valence electrons. The highest BCUT2D eigenvalue weighted by atomic mass is 16.5. The van der Waals surface area contributed by atoms with Crippen molar-refractivity contribution in [2.45, 2.75) is 30.6 Å². The van der Waals surface area contributed by atoms with Crippen molar-refractivity contribution in [2.75, 3.05) is 33.5 Å². The molecule has 2 aliphatic rings. The number of aromatic nitrogens is 2. The van der Waals surface area contributed by atoms with Crippen molar-refractivity contribution in [3.8, 4) is 5.75 Å². The van der Waals surface area contributed by atoms with Gasteiger partial charge in [0.25, 0.3) is 5.91 Å². The highest BCUT2D eigenvalue weighted by molar-refractivity contribution is 5.94. The lowest BCUT2D eigenvalue weighted by atomic mass is 9.80. The van der Waals surface area contributed by atoms with Crippen molar-refractivity contribution in [1.82, 2.24) is 15.3 Å². The van der Waals surface area contributed by atoms with Gasteiger partial charge in [-0.1, -0.05) is 18.2 Å². The number of hydrogen-bond acceptors (Lipinski definition) is 5. The first-order chi connectivity index (χ1) is 13.2. The summed E-state index contributed by atoms with van der Waals surface area (Å²) < 4.78 is 10.9. The van der Waals surface area contributed by atoms with Crippen molar-refractivity contribution < 1.29 is 19.4 Å². The van der Waals surface area contributed by atoms with Gasteiger partial charge in [0, 0.05) is 31.4 Å². The Labute approximate surface area is 158 Å². The topological polar surface area (TPSA) is 96.5 Å². The second kappa shape index (κ2) is 7.32. The zero-order chi connectivity index (χ0) is 18.9. The molecular weight excluding hydrogens is 346 g/mol. The molecule has 1 amide bonds. The van der Waals surface area contributed by atoms with Crippen LogP contribution in [0.1, 0.15) is 46.3 Å². The van der Waals surface area contributed by atoms with E-state index in [4.69, 9.17) is 9.47 Å². The lowest BCUT2D eigenvalue weighted by Crippen LogP contribution is -2.38. The highest BCUT2D eigenvalue weighted by Gasteiger charge is 2.39. The maximum atomic E-state index is 12.6. The Morgan fingerprint density at radius 2 is 2.11 bits per heavy atom. The van der Waals surface area contributed by atoms with Crippen LogP contribution in [0.2, 0.25) is 0 Å². The van der Waals surface area contributed by atoms with E-state index in [0.29, 0.717) is 50.5 Å². The number of benzene rings is 1. The number of carbonyl (C=O) groups is 1. The number of imidazole rings is 1. The number of nitrogens with one attached hydrogen (secondary N) is 2. The summed E-state index contributed by atoms with van der Waals surface area (Å²) in [4.78, 5) is 20.6. The van der Waals surface area contributed by atoms with E-state index < -0.39 is 5.41 Å². The molecule has 7 heteroatoms.